The van der Waals surface area contributed by atoms with Gasteiger partial charge in [-0.1, -0.05) is 0 Å². The third-order valence-electron chi connectivity index (χ3n) is 1.47. The number of aromatic amines is 1. The molecule has 14 heavy (non-hydrogen) atoms. The summed E-state index contributed by atoms with van der Waals surface area (Å²) in [4.78, 5) is 8.82. The van der Waals surface area contributed by atoms with Crippen molar-refractivity contribution in [2.24, 2.45) is 0 Å². The predicted octanol–water partition coefficient (Wildman–Crippen LogP) is 1.70. The second-order valence-corrected chi connectivity index (χ2v) is 4.29. The molecule has 0 aliphatic carbocycles. The number of rotatable bonds is 2. The molecule has 0 aromatic carbocycles. The molecule has 2 rings (SSSR count). The Labute approximate surface area is 92.7 Å². The first-order chi connectivity index (χ1) is 6.77. The third-order valence-corrected chi connectivity index (χ3v) is 3.39. The quantitative estimate of drug-likeness (QED) is 0.869. The van der Waals surface area contributed by atoms with Crippen LogP contribution in [0, 0.1) is 0 Å². The molecule has 0 saturated heterocycles. The fourth-order valence-corrected chi connectivity index (χ4v) is 2.19. The molecular weight excluding hydrogens is 266 g/mol. The number of hydrogen-bond donors (Lipinski definition) is 2. The molecule has 0 aliphatic heterocycles. The highest BCUT2D eigenvalue weighted by Crippen LogP contribution is 2.34. The highest BCUT2D eigenvalue weighted by molar-refractivity contribution is 9.10. The summed E-state index contributed by atoms with van der Waals surface area (Å²) < 4.78 is 0.846. The molecule has 72 valence electrons. The highest BCUT2D eigenvalue weighted by atomic mass is 79.9. The maximum atomic E-state index is 5.76. The molecule has 3 N–H and O–H groups in total. The molecule has 0 fully saturated rings. The first-order valence-electron chi connectivity index (χ1n) is 3.69. The van der Waals surface area contributed by atoms with Crippen LogP contribution in [0.25, 0.3) is 0 Å². The lowest BCUT2D eigenvalue weighted by Crippen LogP contribution is -1.91. The Bertz CT molecular complexity index is 409. The average molecular weight is 272 g/mol. The average Bonchev–Trinajstić information content (AvgIpc) is 2.64. The molecule has 0 unspecified atom stereocenters. The van der Waals surface area contributed by atoms with Gasteiger partial charge in [0.05, 0.1) is 21.3 Å². The molecule has 0 saturated carbocycles. The van der Waals surface area contributed by atoms with Crippen molar-refractivity contribution >= 4 is 33.4 Å². The molecule has 0 aliphatic rings. The van der Waals surface area contributed by atoms with Crippen LogP contribution < -0.4 is 5.73 Å². The lowest BCUT2D eigenvalue weighted by molar-refractivity contribution is 0.972. The monoisotopic (exact) mass is 271 g/mol. The largest absolute Gasteiger partial charge is 0.397 e. The molecular formula is C7H6BrN5S. The minimum Gasteiger partial charge on any atom is -0.397 e. The van der Waals surface area contributed by atoms with E-state index in [-0.39, 0.29) is 0 Å². The number of aromatic nitrogens is 4. The van der Waals surface area contributed by atoms with E-state index in [1.807, 2.05) is 0 Å². The number of nitrogen functional groups attached to an aromatic ring is 1. The molecule has 0 atom stereocenters. The number of pyridine rings is 1. The van der Waals surface area contributed by atoms with E-state index < -0.39 is 0 Å². The fourth-order valence-electron chi connectivity index (χ4n) is 0.886. The van der Waals surface area contributed by atoms with E-state index in [1.165, 1.54) is 18.1 Å². The Morgan fingerprint density at radius 3 is 2.93 bits per heavy atom. The van der Waals surface area contributed by atoms with Gasteiger partial charge in [-0.25, -0.2) is 4.98 Å². The molecule has 2 heterocycles. The van der Waals surface area contributed by atoms with E-state index in [2.05, 4.69) is 36.1 Å². The summed E-state index contributed by atoms with van der Waals surface area (Å²) >= 11 is 4.77. The van der Waals surface area contributed by atoms with E-state index in [4.69, 9.17) is 5.73 Å². The lowest BCUT2D eigenvalue weighted by atomic mass is 10.4. The smallest absolute Gasteiger partial charge is 0.188 e. The fraction of sp³-hybridized carbons (Fsp3) is 0. The first kappa shape index (κ1) is 9.47. The van der Waals surface area contributed by atoms with E-state index in [0.29, 0.717) is 10.8 Å². The van der Waals surface area contributed by atoms with Crippen LogP contribution in [0.2, 0.25) is 0 Å². The molecule has 0 amide bonds. The number of hydrogen-bond acceptors (Lipinski definition) is 5. The summed E-state index contributed by atoms with van der Waals surface area (Å²) in [7, 11) is 0. The summed E-state index contributed by atoms with van der Waals surface area (Å²) in [6, 6.07) is 0. The zero-order valence-corrected chi connectivity index (χ0v) is 9.34. The number of H-pyrrole nitrogens is 1. The third kappa shape index (κ3) is 1.88. The van der Waals surface area contributed by atoms with Gasteiger partial charge >= 0.3 is 0 Å². The van der Waals surface area contributed by atoms with Crippen LogP contribution in [0.3, 0.4) is 0 Å². The second-order valence-electron chi connectivity index (χ2n) is 2.43. The number of nitrogens with zero attached hydrogens (tertiary/aromatic N) is 3. The van der Waals surface area contributed by atoms with Crippen LogP contribution in [-0.4, -0.2) is 20.2 Å². The predicted molar refractivity (Wildman–Crippen MR) is 56.9 cm³/mol. The number of nitrogens with two attached hydrogens (primary N) is 1. The molecule has 0 spiro atoms. The van der Waals surface area contributed by atoms with Crippen molar-refractivity contribution in [1.29, 1.82) is 0 Å². The Morgan fingerprint density at radius 1 is 1.43 bits per heavy atom. The molecule has 2 aromatic rings. The van der Waals surface area contributed by atoms with Crippen molar-refractivity contribution < 1.29 is 0 Å². The first-order valence-corrected chi connectivity index (χ1v) is 5.30. The number of nitrogens with one attached hydrogen (secondary N) is 1. The van der Waals surface area contributed by atoms with Gasteiger partial charge < -0.3 is 5.73 Å². The maximum absolute atomic E-state index is 5.76. The zero-order valence-electron chi connectivity index (χ0n) is 6.94. The van der Waals surface area contributed by atoms with Crippen molar-refractivity contribution in [2.75, 3.05) is 5.73 Å². The summed E-state index contributed by atoms with van der Waals surface area (Å²) in [5.41, 5.74) is 6.37. The second kappa shape index (κ2) is 3.97. The zero-order chi connectivity index (χ0) is 9.97. The van der Waals surface area contributed by atoms with Crippen molar-refractivity contribution in [3.05, 3.63) is 23.2 Å². The normalized spacial score (nSPS) is 10.4. The van der Waals surface area contributed by atoms with E-state index in [9.17, 15) is 0 Å². The van der Waals surface area contributed by atoms with Crippen LogP contribution >= 0.6 is 27.7 Å². The van der Waals surface area contributed by atoms with Crippen molar-refractivity contribution in [2.45, 2.75) is 10.1 Å². The van der Waals surface area contributed by atoms with E-state index in [0.717, 1.165) is 9.37 Å². The lowest BCUT2D eigenvalue weighted by Gasteiger charge is -2.03. The van der Waals surface area contributed by atoms with Crippen LogP contribution in [0.5, 0.6) is 0 Å². The van der Waals surface area contributed by atoms with Crippen LogP contribution in [0.4, 0.5) is 5.69 Å². The van der Waals surface area contributed by atoms with Gasteiger partial charge in [0.25, 0.3) is 0 Å². The minimum atomic E-state index is 0.612. The standard InChI is InChI=1S/C7H6BrN5S/c8-4-1-10-2-5(9)6(4)14-7-11-3-12-13-7/h1-3H,9H2,(H,11,12,13). The van der Waals surface area contributed by atoms with Gasteiger partial charge in [0.15, 0.2) is 5.16 Å². The number of anilines is 1. The van der Waals surface area contributed by atoms with Crippen LogP contribution in [-0.2, 0) is 0 Å². The SMILES string of the molecule is Nc1cncc(Br)c1Sc1ncn[nH]1. The Kier molecular flexibility index (Phi) is 2.69. The minimum absolute atomic E-state index is 0.612. The van der Waals surface area contributed by atoms with Gasteiger partial charge in [0.1, 0.15) is 6.33 Å². The Morgan fingerprint density at radius 2 is 2.29 bits per heavy atom. The van der Waals surface area contributed by atoms with Gasteiger partial charge in [-0.2, -0.15) is 5.10 Å². The molecule has 0 bridgehead atoms. The van der Waals surface area contributed by atoms with Gasteiger partial charge in [0.2, 0.25) is 0 Å². The van der Waals surface area contributed by atoms with Gasteiger partial charge in [-0.05, 0) is 27.7 Å². The molecule has 5 nitrogen and oxygen atoms in total. The van der Waals surface area contributed by atoms with Crippen LogP contribution in [0.15, 0.2) is 33.2 Å². The molecule has 0 radical (unpaired) electrons. The summed E-state index contributed by atoms with van der Waals surface area (Å²) in [5, 5.41) is 7.19. The van der Waals surface area contributed by atoms with Crippen molar-refractivity contribution in [3.8, 4) is 0 Å². The van der Waals surface area contributed by atoms with Crippen LogP contribution in [0.1, 0.15) is 0 Å². The maximum Gasteiger partial charge on any atom is 0.188 e. The van der Waals surface area contributed by atoms with Gasteiger partial charge in [-0.3, -0.25) is 10.1 Å². The van der Waals surface area contributed by atoms with Gasteiger partial charge in [-0.15, -0.1) is 0 Å². The Balaban J connectivity index is 2.33. The molecule has 7 heteroatoms. The number of halogens is 1. The summed E-state index contributed by atoms with van der Waals surface area (Å²) in [5.74, 6) is 0. The molecule has 2 aromatic heterocycles. The summed E-state index contributed by atoms with van der Waals surface area (Å²) in [6.07, 6.45) is 4.74. The topological polar surface area (TPSA) is 80.5 Å². The highest BCUT2D eigenvalue weighted by Gasteiger charge is 2.08. The van der Waals surface area contributed by atoms with E-state index >= 15 is 0 Å². The van der Waals surface area contributed by atoms with E-state index in [1.54, 1.807) is 12.4 Å². The van der Waals surface area contributed by atoms with Crippen molar-refractivity contribution in [3.63, 3.8) is 0 Å². The van der Waals surface area contributed by atoms with Gasteiger partial charge in [0, 0.05) is 6.20 Å². The van der Waals surface area contributed by atoms with Crippen molar-refractivity contribution in [1.82, 2.24) is 20.2 Å². The summed E-state index contributed by atoms with van der Waals surface area (Å²) in [6.45, 7) is 0. The Hall–Kier alpha value is -1.08.